The third kappa shape index (κ3) is 4.83. The van der Waals surface area contributed by atoms with Gasteiger partial charge >= 0.3 is 0 Å². The minimum Gasteiger partial charge on any atom is -0.496 e. The van der Waals surface area contributed by atoms with E-state index in [0.717, 1.165) is 10.2 Å². The second-order valence-corrected chi connectivity index (χ2v) is 7.93. The van der Waals surface area contributed by atoms with Crippen molar-refractivity contribution >= 4 is 77.4 Å². The molecule has 0 radical (unpaired) electrons. The Bertz CT molecular complexity index is 1080. The predicted octanol–water partition coefficient (Wildman–Crippen LogP) is 4.15. The van der Waals surface area contributed by atoms with Crippen LogP contribution in [0, 0.1) is 0 Å². The van der Waals surface area contributed by atoms with E-state index in [9.17, 15) is 9.59 Å². The van der Waals surface area contributed by atoms with E-state index in [2.05, 4.69) is 36.9 Å². The summed E-state index contributed by atoms with van der Waals surface area (Å²) >= 11 is 9.92. The van der Waals surface area contributed by atoms with Gasteiger partial charge in [0.2, 0.25) is 5.91 Å². The number of anilines is 2. The van der Waals surface area contributed by atoms with E-state index < -0.39 is 0 Å². The van der Waals surface area contributed by atoms with Crippen molar-refractivity contribution in [1.82, 2.24) is 10.3 Å². The maximum atomic E-state index is 12.4. The first-order valence-electron chi connectivity index (χ1n) is 8.00. The number of aromatic nitrogens is 1. The summed E-state index contributed by atoms with van der Waals surface area (Å²) in [6.07, 6.45) is 0. The van der Waals surface area contributed by atoms with E-state index >= 15 is 0 Å². The van der Waals surface area contributed by atoms with Crippen molar-refractivity contribution in [2.45, 2.75) is 6.92 Å². The lowest BCUT2D eigenvalue weighted by molar-refractivity contribution is -0.114. The number of thiazole rings is 1. The molecule has 0 bridgehead atoms. The van der Waals surface area contributed by atoms with Gasteiger partial charge in [0.15, 0.2) is 10.2 Å². The van der Waals surface area contributed by atoms with Crippen molar-refractivity contribution in [2.24, 2.45) is 0 Å². The highest BCUT2D eigenvalue weighted by Gasteiger charge is 2.12. The van der Waals surface area contributed by atoms with Crippen molar-refractivity contribution in [3.63, 3.8) is 0 Å². The lowest BCUT2D eigenvalue weighted by Crippen LogP contribution is -2.34. The van der Waals surface area contributed by atoms with E-state index in [0.29, 0.717) is 26.6 Å². The zero-order chi connectivity index (χ0) is 20.3. The fourth-order valence-corrected chi connectivity index (χ4v) is 4.07. The number of halogens is 1. The topological polar surface area (TPSA) is 92.3 Å². The summed E-state index contributed by atoms with van der Waals surface area (Å²) in [5, 5.41) is 8.94. The van der Waals surface area contributed by atoms with E-state index in [4.69, 9.17) is 17.0 Å². The Balaban J connectivity index is 1.68. The second-order valence-electron chi connectivity index (χ2n) is 5.64. The highest BCUT2D eigenvalue weighted by Crippen LogP contribution is 2.28. The molecule has 0 fully saturated rings. The Kier molecular flexibility index (Phi) is 6.22. The van der Waals surface area contributed by atoms with E-state index in [1.807, 2.05) is 6.07 Å². The number of hydrogen-bond donors (Lipinski definition) is 3. The van der Waals surface area contributed by atoms with Gasteiger partial charge in [-0.2, -0.15) is 0 Å². The van der Waals surface area contributed by atoms with Gasteiger partial charge in [-0.25, -0.2) is 4.98 Å². The number of fused-ring (bicyclic) bond motifs is 1. The highest BCUT2D eigenvalue weighted by atomic mass is 79.9. The van der Waals surface area contributed by atoms with Crippen LogP contribution < -0.4 is 20.7 Å². The first-order valence-corrected chi connectivity index (χ1v) is 10.0. The van der Waals surface area contributed by atoms with Crippen LogP contribution in [0.15, 0.2) is 40.9 Å². The molecule has 0 aliphatic carbocycles. The number of methoxy groups -OCH3 is 1. The van der Waals surface area contributed by atoms with Crippen LogP contribution in [0.1, 0.15) is 17.3 Å². The predicted molar refractivity (Wildman–Crippen MR) is 118 cm³/mol. The number of hydrogen-bond acceptors (Lipinski definition) is 6. The fraction of sp³-hybridized carbons (Fsp3) is 0.111. The van der Waals surface area contributed by atoms with Gasteiger partial charge in [0.05, 0.1) is 21.8 Å². The Labute approximate surface area is 178 Å². The van der Waals surface area contributed by atoms with Crippen molar-refractivity contribution in [3.05, 3.63) is 46.4 Å². The minimum atomic E-state index is -0.352. The van der Waals surface area contributed by atoms with Crippen molar-refractivity contribution in [2.75, 3.05) is 17.7 Å². The van der Waals surface area contributed by atoms with Gasteiger partial charge in [0.25, 0.3) is 5.91 Å². The quantitative estimate of drug-likeness (QED) is 0.487. The highest BCUT2D eigenvalue weighted by molar-refractivity contribution is 9.10. The average molecular weight is 479 g/mol. The van der Waals surface area contributed by atoms with Crippen LogP contribution in [0.3, 0.4) is 0 Å². The number of ether oxygens (including phenoxy) is 1. The number of benzene rings is 2. The first-order chi connectivity index (χ1) is 13.4. The van der Waals surface area contributed by atoms with E-state index in [1.165, 1.54) is 18.3 Å². The van der Waals surface area contributed by atoms with Gasteiger partial charge in [-0.1, -0.05) is 11.3 Å². The lowest BCUT2D eigenvalue weighted by atomic mass is 10.2. The molecule has 7 nitrogen and oxygen atoms in total. The molecule has 0 aliphatic heterocycles. The first kappa shape index (κ1) is 20.2. The summed E-state index contributed by atoms with van der Waals surface area (Å²) in [5.74, 6) is 0.136. The molecule has 3 N–H and O–H groups in total. The third-order valence-electron chi connectivity index (χ3n) is 3.57. The van der Waals surface area contributed by atoms with Crippen LogP contribution >= 0.6 is 39.5 Å². The van der Waals surface area contributed by atoms with Gasteiger partial charge in [0, 0.05) is 18.2 Å². The summed E-state index contributed by atoms with van der Waals surface area (Å²) in [4.78, 5) is 28.0. The van der Waals surface area contributed by atoms with Gasteiger partial charge in [-0.3, -0.25) is 14.9 Å². The number of nitrogens with one attached hydrogen (secondary N) is 3. The molecule has 0 spiro atoms. The van der Waals surface area contributed by atoms with Gasteiger partial charge in [0.1, 0.15) is 5.75 Å². The van der Waals surface area contributed by atoms with Crippen LogP contribution in [0.5, 0.6) is 5.75 Å². The third-order valence-corrected chi connectivity index (χ3v) is 5.33. The molecule has 3 rings (SSSR count). The molecule has 144 valence electrons. The lowest BCUT2D eigenvalue weighted by Gasteiger charge is -2.08. The van der Waals surface area contributed by atoms with Gasteiger partial charge in [-0.15, -0.1) is 0 Å². The molecule has 0 atom stereocenters. The molecule has 1 heterocycles. The average Bonchev–Trinajstić information content (AvgIpc) is 3.02. The van der Waals surface area contributed by atoms with Gasteiger partial charge in [-0.05, 0) is 64.5 Å². The summed E-state index contributed by atoms with van der Waals surface area (Å²) in [5.41, 5.74) is 1.88. The van der Waals surface area contributed by atoms with Crippen molar-refractivity contribution in [3.8, 4) is 5.75 Å². The maximum absolute atomic E-state index is 12.4. The zero-order valence-corrected chi connectivity index (χ0v) is 18.0. The van der Waals surface area contributed by atoms with Crippen LogP contribution in [0.4, 0.5) is 10.8 Å². The zero-order valence-electron chi connectivity index (χ0n) is 14.8. The molecular formula is C18H15BrN4O3S2. The molecule has 28 heavy (non-hydrogen) atoms. The Hall–Kier alpha value is -2.56. The van der Waals surface area contributed by atoms with Crippen LogP contribution in [-0.2, 0) is 4.79 Å². The number of amides is 2. The Morgan fingerprint density at radius 2 is 1.96 bits per heavy atom. The Morgan fingerprint density at radius 3 is 2.64 bits per heavy atom. The number of nitrogens with zero attached hydrogens (tertiary/aromatic N) is 1. The number of carbonyl (C=O) groups is 2. The largest absolute Gasteiger partial charge is 0.496 e. The molecule has 0 unspecified atom stereocenters. The van der Waals surface area contributed by atoms with Crippen LogP contribution in [-0.4, -0.2) is 29.0 Å². The second kappa shape index (κ2) is 8.63. The van der Waals surface area contributed by atoms with E-state index in [1.54, 1.807) is 37.4 Å². The molecular weight excluding hydrogens is 464 g/mol. The van der Waals surface area contributed by atoms with Crippen molar-refractivity contribution < 1.29 is 14.3 Å². The van der Waals surface area contributed by atoms with Crippen LogP contribution in [0.25, 0.3) is 10.2 Å². The fourth-order valence-electron chi connectivity index (χ4n) is 2.37. The normalized spacial score (nSPS) is 10.4. The van der Waals surface area contributed by atoms with Crippen LogP contribution in [0.2, 0.25) is 0 Å². The molecule has 0 saturated heterocycles. The molecule has 0 saturated carbocycles. The molecule has 1 aromatic heterocycles. The summed E-state index contributed by atoms with van der Waals surface area (Å²) in [6, 6.07) is 10.4. The summed E-state index contributed by atoms with van der Waals surface area (Å²) in [6.45, 7) is 1.45. The molecule has 3 aromatic rings. The van der Waals surface area contributed by atoms with Crippen molar-refractivity contribution in [1.29, 1.82) is 0 Å². The Morgan fingerprint density at radius 1 is 1.18 bits per heavy atom. The molecule has 2 aromatic carbocycles. The van der Waals surface area contributed by atoms with Gasteiger partial charge < -0.3 is 15.4 Å². The summed E-state index contributed by atoms with van der Waals surface area (Å²) < 4.78 is 6.70. The van der Waals surface area contributed by atoms with E-state index in [-0.39, 0.29) is 16.9 Å². The number of rotatable bonds is 4. The smallest absolute Gasteiger partial charge is 0.257 e. The SMILES string of the molecule is COc1ccc(C(=O)NC(=S)Nc2nc3ccc(NC(C)=O)cc3s2)cc1Br. The standard InChI is InChI=1S/C18H15BrN4O3S2/c1-9(24)20-11-4-5-13-15(8-11)28-18(21-13)23-17(27)22-16(25)10-3-6-14(26-2)12(19)7-10/h3-8H,1-2H3,(H,20,24)(H2,21,22,23,25,27). The molecule has 2 amide bonds. The molecule has 10 heteroatoms. The number of carbonyl (C=O) groups excluding carboxylic acids is 2. The summed E-state index contributed by atoms with van der Waals surface area (Å²) in [7, 11) is 1.55. The molecule has 0 aliphatic rings. The number of thiocarbonyl (C=S) groups is 1. The monoisotopic (exact) mass is 478 g/mol. The maximum Gasteiger partial charge on any atom is 0.257 e. The minimum absolute atomic E-state index is 0.137.